The lowest BCUT2D eigenvalue weighted by molar-refractivity contribution is -0.139. The average molecular weight is 304 g/mol. The van der Waals surface area contributed by atoms with Crippen molar-refractivity contribution in [2.45, 2.75) is 38.6 Å². The summed E-state index contributed by atoms with van der Waals surface area (Å²) < 4.78 is 4.66. The van der Waals surface area contributed by atoms with Crippen molar-refractivity contribution in [1.82, 2.24) is 5.32 Å². The SMILES string of the molecule is COC(=O)CNC1CCC(CN(C)c2ccc(C)cc2)CC1. The molecular formula is C18H28N2O2. The number of hydrogen-bond donors (Lipinski definition) is 1. The van der Waals surface area contributed by atoms with E-state index in [9.17, 15) is 4.79 Å². The molecule has 1 N–H and O–H groups in total. The van der Waals surface area contributed by atoms with Gasteiger partial charge in [0.25, 0.3) is 0 Å². The number of nitrogens with zero attached hydrogens (tertiary/aromatic N) is 1. The number of methoxy groups -OCH3 is 1. The van der Waals surface area contributed by atoms with Gasteiger partial charge in [0.05, 0.1) is 13.7 Å². The standard InChI is InChI=1S/C18H28N2O2/c1-14-4-10-17(11-5-14)20(2)13-15-6-8-16(9-7-15)19-12-18(21)22-3/h4-5,10-11,15-16,19H,6-9,12-13H2,1-3H3. The van der Waals surface area contributed by atoms with Gasteiger partial charge in [-0.1, -0.05) is 17.7 Å². The van der Waals surface area contributed by atoms with E-state index in [0.29, 0.717) is 12.6 Å². The summed E-state index contributed by atoms with van der Waals surface area (Å²) in [6, 6.07) is 9.18. The number of hydrogen-bond acceptors (Lipinski definition) is 4. The Balaban J connectivity index is 1.72. The van der Waals surface area contributed by atoms with E-state index < -0.39 is 0 Å². The van der Waals surface area contributed by atoms with Crippen molar-refractivity contribution in [2.75, 3.05) is 32.1 Å². The van der Waals surface area contributed by atoms with Crippen LogP contribution in [0.4, 0.5) is 5.69 Å². The fourth-order valence-electron chi connectivity index (χ4n) is 3.14. The van der Waals surface area contributed by atoms with E-state index >= 15 is 0 Å². The largest absolute Gasteiger partial charge is 0.468 e. The van der Waals surface area contributed by atoms with Gasteiger partial charge in [0.1, 0.15) is 0 Å². The molecule has 0 aromatic heterocycles. The van der Waals surface area contributed by atoms with Gasteiger partial charge in [-0.15, -0.1) is 0 Å². The highest BCUT2D eigenvalue weighted by molar-refractivity contribution is 5.71. The lowest BCUT2D eigenvalue weighted by Gasteiger charge is -2.32. The summed E-state index contributed by atoms with van der Waals surface area (Å²) in [6.07, 6.45) is 4.72. The molecular weight excluding hydrogens is 276 g/mol. The van der Waals surface area contributed by atoms with Crippen LogP contribution in [0.1, 0.15) is 31.2 Å². The zero-order valence-electron chi connectivity index (χ0n) is 14.0. The molecule has 1 aliphatic rings. The first-order chi connectivity index (χ1) is 10.6. The van der Waals surface area contributed by atoms with E-state index in [0.717, 1.165) is 25.3 Å². The third-order valence-corrected chi connectivity index (χ3v) is 4.62. The van der Waals surface area contributed by atoms with Crippen LogP contribution >= 0.6 is 0 Å². The van der Waals surface area contributed by atoms with Crippen LogP contribution in [-0.4, -0.2) is 39.3 Å². The number of rotatable bonds is 6. The lowest BCUT2D eigenvalue weighted by atomic mass is 9.85. The predicted molar refractivity (Wildman–Crippen MR) is 90.2 cm³/mol. The third-order valence-electron chi connectivity index (χ3n) is 4.62. The molecule has 1 aromatic rings. The van der Waals surface area contributed by atoms with Gasteiger partial charge >= 0.3 is 5.97 Å². The van der Waals surface area contributed by atoms with Crippen molar-refractivity contribution in [1.29, 1.82) is 0 Å². The molecule has 0 unspecified atom stereocenters. The van der Waals surface area contributed by atoms with E-state index in [1.165, 1.54) is 31.2 Å². The zero-order chi connectivity index (χ0) is 15.9. The predicted octanol–water partition coefficient (Wildman–Crippen LogP) is 2.75. The summed E-state index contributed by atoms with van der Waals surface area (Å²) in [5.41, 5.74) is 2.59. The first-order valence-corrected chi connectivity index (χ1v) is 8.16. The van der Waals surface area contributed by atoms with Crippen LogP contribution in [-0.2, 0) is 9.53 Å². The van der Waals surface area contributed by atoms with Crippen molar-refractivity contribution in [3.8, 4) is 0 Å². The molecule has 1 fully saturated rings. The number of nitrogens with one attached hydrogen (secondary N) is 1. The molecule has 0 atom stereocenters. The Bertz CT molecular complexity index is 464. The van der Waals surface area contributed by atoms with Crippen LogP contribution in [0.3, 0.4) is 0 Å². The second-order valence-corrected chi connectivity index (χ2v) is 6.39. The number of aryl methyl sites for hydroxylation is 1. The molecule has 122 valence electrons. The summed E-state index contributed by atoms with van der Waals surface area (Å²) in [5, 5.41) is 3.30. The highest BCUT2D eigenvalue weighted by Gasteiger charge is 2.22. The second kappa shape index (κ2) is 8.18. The molecule has 0 amide bonds. The van der Waals surface area contributed by atoms with Gasteiger partial charge in [-0.2, -0.15) is 0 Å². The molecule has 0 bridgehead atoms. The Kier molecular flexibility index (Phi) is 6.25. The normalized spacial score (nSPS) is 21.4. The van der Waals surface area contributed by atoms with Crippen LogP contribution in [0.5, 0.6) is 0 Å². The minimum atomic E-state index is -0.179. The van der Waals surface area contributed by atoms with Crippen LogP contribution in [0.15, 0.2) is 24.3 Å². The first-order valence-electron chi connectivity index (χ1n) is 8.16. The topological polar surface area (TPSA) is 41.6 Å². The molecule has 1 aliphatic carbocycles. The van der Waals surface area contributed by atoms with Gasteiger partial charge in [0, 0.05) is 25.3 Å². The molecule has 0 spiro atoms. The Morgan fingerprint density at radius 2 is 1.86 bits per heavy atom. The van der Waals surface area contributed by atoms with E-state index in [1.54, 1.807) is 0 Å². The van der Waals surface area contributed by atoms with E-state index in [4.69, 9.17) is 0 Å². The van der Waals surface area contributed by atoms with E-state index in [2.05, 4.69) is 53.2 Å². The zero-order valence-corrected chi connectivity index (χ0v) is 14.0. The molecule has 0 aliphatic heterocycles. The minimum Gasteiger partial charge on any atom is -0.468 e. The number of esters is 1. The molecule has 22 heavy (non-hydrogen) atoms. The fourth-order valence-corrected chi connectivity index (χ4v) is 3.14. The summed E-state index contributed by atoms with van der Waals surface area (Å²) >= 11 is 0. The quantitative estimate of drug-likeness (QED) is 0.821. The van der Waals surface area contributed by atoms with Gasteiger partial charge in [-0.05, 0) is 50.7 Å². The molecule has 1 saturated carbocycles. The molecule has 0 saturated heterocycles. The minimum absolute atomic E-state index is 0.179. The summed E-state index contributed by atoms with van der Waals surface area (Å²) in [6.45, 7) is 3.55. The van der Waals surface area contributed by atoms with Crippen LogP contribution in [0.25, 0.3) is 0 Å². The first kappa shape index (κ1) is 16.8. The summed E-state index contributed by atoms with van der Waals surface area (Å²) in [7, 11) is 3.61. The maximum absolute atomic E-state index is 11.2. The fraction of sp³-hybridized carbons (Fsp3) is 0.611. The average Bonchev–Trinajstić information content (AvgIpc) is 2.54. The smallest absolute Gasteiger partial charge is 0.319 e. The Hall–Kier alpha value is -1.55. The van der Waals surface area contributed by atoms with Gasteiger partial charge in [-0.25, -0.2) is 0 Å². The molecule has 4 heteroatoms. The summed E-state index contributed by atoms with van der Waals surface area (Å²) in [4.78, 5) is 13.5. The van der Waals surface area contributed by atoms with E-state index in [1.807, 2.05) is 0 Å². The lowest BCUT2D eigenvalue weighted by Crippen LogP contribution is -2.38. The second-order valence-electron chi connectivity index (χ2n) is 6.39. The van der Waals surface area contributed by atoms with Crippen LogP contribution < -0.4 is 10.2 Å². The highest BCUT2D eigenvalue weighted by atomic mass is 16.5. The molecule has 4 nitrogen and oxygen atoms in total. The molecule has 0 radical (unpaired) electrons. The monoisotopic (exact) mass is 304 g/mol. The van der Waals surface area contributed by atoms with Crippen molar-refractivity contribution >= 4 is 11.7 Å². The highest BCUT2D eigenvalue weighted by Crippen LogP contribution is 2.26. The van der Waals surface area contributed by atoms with Crippen LogP contribution in [0.2, 0.25) is 0 Å². The summed E-state index contributed by atoms with van der Waals surface area (Å²) in [5.74, 6) is 0.559. The number of ether oxygens (including phenoxy) is 1. The van der Waals surface area contributed by atoms with Gasteiger partial charge in [-0.3, -0.25) is 4.79 Å². The number of carbonyl (C=O) groups is 1. The van der Waals surface area contributed by atoms with Crippen molar-refractivity contribution in [2.24, 2.45) is 5.92 Å². The Morgan fingerprint density at radius 1 is 1.23 bits per heavy atom. The Labute approximate surface area is 133 Å². The van der Waals surface area contributed by atoms with Crippen molar-refractivity contribution in [3.05, 3.63) is 29.8 Å². The maximum Gasteiger partial charge on any atom is 0.319 e. The molecule has 2 rings (SSSR count). The van der Waals surface area contributed by atoms with E-state index in [-0.39, 0.29) is 5.97 Å². The van der Waals surface area contributed by atoms with Gasteiger partial charge in [0.2, 0.25) is 0 Å². The van der Waals surface area contributed by atoms with Crippen molar-refractivity contribution < 1.29 is 9.53 Å². The molecule has 1 aromatic carbocycles. The van der Waals surface area contributed by atoms with Crippen LogP contribution in [0, 0.1) is 12.8 Å². The maximum atomic E-state index is 11.2. The number of carbonyl (C=O) groups excluding carboxylic acids is 1. The number of anilines is 1. The number of benzene rings is 1. The third kappa shape index (κ3) is 5.02. The van der Waals surface area contributed by atoms with Gasteiger partial charge < -0.3 is 15.0 Å². The molecule has 0 heterocycles. The Morgan fingerprint density at radius 3 is 2.45 bits per heavy atom. The van der Waals surface area contributed by atoms with Gasteiger partial charge in [0.15, 0.2) is 0 Å². The van der Waals surface area contributed by atoms with Crippen molar-refractivity contribution in [3.63, 3.8) is 0 Å².